The molecule has 1 heterocycles. The molecule has 1 aliphatic rings. The number of para-hydroxylation sites is 3. The van der Waals surface area contributed by atoms with Crippen LogP contribution in [0, 0.1) is 5.41 Å². The molecule has 25 heavy (non-hydrogen) atoms. The highest BCUT2D eigenvalue weighted by atomic mass is 15.9. The average molecular weight is 328 g/mol. The molecule has 4 heteroatoms. The smallest absolute Gasteiger partial charge is 0.124 e. The van der Waals surface area contributed by atoms with Crippen molar-refractivity contribution in [2.24, 2.45) is 0 Å². The van der Waals surface area contributed by atoms with Gasteiger partial charge >= 0.3 is 0 Å². The number of nitrogens with one attached hydrogen (secondary N) is 1. The molecule has 4 rings (SSSR count). The molecule has 1 aliphatic heterocycles. The van der Waals surface area contributed by atoms with Gasteiger partial charge in [0.05, 0.1) is 17.1 Å². The number of rotatable bonds is 3. The second kappa shape index (κ2) is 6.69. The zero-order valence-corrected chi connectivity index (χ0v) is 13.9. The van der Waals surface area contributed by atoms with Crippen LogP contribution in [-0.4, -0.2) is 12.4 Å². The predicted molar refractivity (Wildman–Crippen MR) is 104 cm³/mol. The number of amidine groups is 1. The summed E-state index contributed by atoms with van der Waals surface area (Å²) in [6, 6.07) is 30.6. The van der Waals surface area contributed by atoms with Crippen LogP contribution >= 0.6 is 0 Å². The first-order valence-electron chi connectivity index (χ1n) is 8.45. The lowest BCUT2D eigenvalue weighted by molar-refractivity contribution is 0.687. The van der Waals surface area contributed by atoms with Gasteiger partial charge in [-0.2, -0.15) is 5.12 Å². The number of benzene rings is 3. The number of hydrogen-bond donors (Lipinski definition) is 1. The summed E-state index contributed by atoms with van der Waals surface area (Å²) >= 11 is 0. The molecule has 1 saturated heterocycles. The van der Waals surface area contributed by atoms with Crippen LogP contribution in [0.5, 0.6) is 0 Å². The first kappa shape index (κ1) is 15.3. The lowest BCUT2D eigenvalue weighted by Gasteiger charge is -2.49. The summed E-state index contributed by atoms with van der Waals surface area (Å²) < 4.78 is 0. The predicted octanol–water partition coefficient (Wildman–Crippen LogP) is 4.72. The fraction of sp³-hybridized carbons (Fsp3) is 0.0952. The van der Waals surface area contributed by atoms with Crippen molar-refractivity contribution in [1.29, 1.82) is 5.41 Å². The second-order valence-corrected chi connectivity index (χ2v) is 5.93. The summed E-state index contributed by atoms with van der Waals surface area (Å²) in [5.41, 5.74) is 3.12. The SMILES string of the molecule is N=C1CCN(c2ccccc2)N(c2ccccc2)N1c1ccccc1. The van der Waals surface area contributed by atoms with Crippen molar-refractivity contribution in [3.05, 3.63) is 91.0 Å². The molecule has 0 unspecified atom stereocenters. The molecule has 4 nitrogen and oxygen atoms in total. The van der Waals surface area contributed by atoms with Gasteiger partial charge in [-0.1, -0.05) is 54.6 Å². The molecule has 0 spiro atoms. The molecule has 0 aromatic heterocycles. The molecule has 0 atom stereocenters. The van der Waals surface area contributed by atoms with Crippen LogP contribution in [0.25, 0.3) is 0 Å². The van der Waals surface area contributed by atoms with Gasteiger partial charge in [0, 0.05) is 13.0 Å². The number of anilines is 3. The van der Waals surface area contributed by atoms with E-state index in [1.54, 1.807) is 0 Å². The summed E-state index contributed by atoms with van der Waals surface area (Å²) in [4.78, 5) is 0. The molecule has 0 radical (unpaired) electrons. The van der Waals surface area contributed by atoms with E-state index < -0.39 is 0 Å². The van der Waals surface area contributed by atoms with Gasteiger partial charge in [0.15, 0.2) is 0 Å². The van der Waals surface area contributed by atoms with E-state index in [-0.39, 0.29) is 0 Å². The van der Waals surface area contributed by atoms with Crippen molar-refractivity contribution in [2.75, 3.05) is 21.7 Å². The number of nitrogens with zero attached hydrogens (tertiary/aromatic N) is 3. The summed E-state index contributed by atoms with van der Waals surface area (Å²) in [6.07, 6.45) is 0.688. The molecule has 1 N–H and O–H groups in total. The monoisotopic (exact) mass is 328 g/mol. The third kappa shape index (κ3) is 2.94. The lowest BCUT2D eigenvalue weighted by Crippen LogP contribution is -2.61. The van der Waals surface area contributed by atoms with Crippen LogP contribution in [0.2, 0.25) is 0 Å². The topological polar surface area (TPSA) is 33.6 Å². The van der Waals surface area contributed by atoms with Crippen LogP contribution in [0.3, 0.4) is 0 Å². The highest BCUT2D eigenvalue weighted by Crippen LogP contribution is 2.31. The average Bonchev–Trinajstić information content (AvgIpc) is 2.70. The molecule has 1 fully saturated rings. The zero-order chi connectivity index (χ0) is 17.1. The molecule has 3 aromatic carbocycles. The van der Waals surface area contributed by atoms with Crippen molar-refractivity contribution in [3.63, 3.8) is 0 Å². The van der Waals surface area contributed by atoms with E-state index in [9.17, 15) is 0 Å². The van der Waals surface area contributed by atoms with E-state index in [4.69, 9.17) is 5.41 Å². The van der Waals surface area contributed by atoms with Crippen LogP contribution in [-0.2, 0) is 0 Å². The standard InChI is InChI=1S/C21H20N4/c22-21-16-17-23(18-10-4-1-5-11-18)25(20-14-8-3-9-15-20)24(21)19-12-6-2-7-13-19/h1-15,22H,16-17H2. The van der Waals surface area contributed by atoms with E-state index in [1.165, 1.54) is 0 Å². The van der Waals surface area contributed by atoms with Gasteiger partial charge in [0.2, 0.25) is 0 Å². The van der Waals surface area contributed by atoms with E-state index in [0.717, 1.165) is 23.6 Å². The molecule has 124 valence electrons. The third-order valence-corrected chi connectivity index (χ3v) is 4.28. The van der Waals surface area contributed by atoms with Gasteiger partial charge in [0.25, 0.3) is 0 Å². The Bertz CT molecular complexity index is 834. The second-order valence-electron chi connectivity index (χ2n) is 5.93. The van der Waals surface area contributed by atoms with Crippen LogP contribution in [0.15, 0.2) is 91.0 Å². The Morgan fingerprint density at radius 2 is 1.08 bits per heavy atom. The van der Waals surface area contributed by atoms with Gasteiger partial charge in [-0.25, -0.2) is 5.01 Å². The Kier molecular flexibility index (Phi) is 4.09. The zero-order valence-electron chi connectivity index (χ0n) is 13.9. The number of hydrazine groups is 2. The summed E-state index contributed by atoms with van der Waals surface area (Å²) in [6.45, 7) is 0.765. The van der Waals surface area contributed by atoms with Crippen LogP contribution in [0.4, 0.5) is 17.1 Å². The quantitative estimate of drug-likeness (QED) is 0.755. The Morgan fingerprint density at radius 1 is 0.600 bits per heavy atom. The normalized spacial score (nSPS) is 14.7. The van der Waals surface area contributed by atoms with Crippen molar-refractivity contribution < 1.29 is 0 Å². The fourth-order valence-electron chi connectivity index (χ4n) is 3.12. The van der Waals surface area contributed by atoms with E-state index in [0.29, 0.717) is 12.3 Å². The third-order valence-electron chi connectivity index (χ3n) is 4.28. The van der Waals surface area contributed by atoms with Crippen molar-refractivity contribution in [1.82, 2.24) is 0 Å². The van der Waals surface area contributed by atoms with Gasteiger partial charge in [-0.05, 0) is 36.4 Å². The Morgan fingerprint density at radius 3 is 1.64 bits per heavy atom. The van der Waals surface area contributed by atoms with Gasteiger partial charge in [-0.3, -0.25) is 10.4 Å². The minimum Gasteiger partial charge on any atom is -0.287 e. The molecule has 3 aromatic rings. The minimum atomic E-state index is 0.585. The molecule has 0 bridgehead atoms. The maximum atomic E-state index is 8.57. The highest BCUT2D eigenvalue weighted by molar-refractivity contribution is 6.00. The fourth-order valence-corrected chi connectivity index (χ4v) is 3.12. The molecule has 0 aliphatic carbocycles. The maximum Gasteiger partial charge on any atom is 0.124 e. The lowest BCUT2D eigenvalue weighted by atomic mass is 10.2. The van der Waals surface area contributed by atoms with Crippen LogP contribution in [0.1, 0.15) is 6.42 Å². The molecule has 0 saturated carbocycles. The Balaban J connectivity index is 1.84. The molecular weight excluding hydrogens is 308 g/mol. The van der Waals surface area contributed by atoms with Crippen molar-refractivity contribution >= 4 is 22.9 Å². The van der Waals surface area contributed by atoms with Gasteiger partial charge in [0.1, 0.15) is 5.84 Å². The largest absolute Gasteiger partial charge is 0.287 e. The molecular formula is C21H20N4. The Hall–Kier alpha value is -3.27. The highest BCUT2D eigenvalue weighted by Gasteiger charge is 2.31. The first-order chi connectivity index (χ1) is 12.3. The minimum absolute atomic E-state index is 0.585. The molecule has 0 amide bonds. The van der Waals surface area contributed by atoms with Gasteiger partial charge in [-0.15, -0.1) is 0 Å². The van der Waals surface area contributed by atoms with Crippen molar-refractivity contribution in [2.45, 2.75) is 6.42 Å². The van der Waals surface area contributed by atoms with Crippen molar-refractivity contribution in [3.8, 4) is 0 Å². The Labute approximate surface area is 148 Å². The van der Waals surface area contributed by atoms with E-state index in [1.807, 2.05) is 71.7 Å². The van der Waals surface area contributed by atoms with Crippen LogP contribution < -0.4 is 15.1 Å². The summed E-state index contributed by atoms with van der Waals surface area (Å²) in [7, 11) is 0. The van der Waals surface area contributed by atoms with E-state index >= 15 is 0 Å². The summed E-state index contributed by atoms with van der Waals surface area (Å²) in [5.74, 6) is 0.585. The van der Waals surface area contributed by atoms with E-state index in [2.05, 4.69) is 34.4 Å². The van der Waals surface area contributed by atoms with Gasteiger partial charge < -0.3 is 0 Å². The first-order valence-corrected chi connectivity index (χ1v) is 8.45. The maximum absolute atomic E-state index is 8.57. The summed E-state index contributed by atoms with van der Waals surface area (Å²) in [5, 5.41) is 14.9. The number of hydrogen-bond acceptors (Lipinski definition) is 3.